The first-order valence-electron chi connectivity index (χ1n) is 8.49. The van der Waals surface area contributed by atoms with Crippen LogP contribution in [0.2, 0.25) is 5.02 Å². The van der Waals surface area contributed by atoms with Gasteiger partial charge >= 0.3 is 5.97 Å². The molecule has 8 heteroatoms. The molecular weight excluding hydrogens is 380 g/mol. The molecule has 3 rings (SSSR count). The van der Waals surface area contributed by atoms with Gasteiger partial charge in [0.25, 0.3) is 5.91 Å². The number of halogens is 1. The van der Waals surface area contributed by atoms with Crippen LogP contribution >= 0.6 is 11.6 Å². The lowest BCUT2D eigenvalue weighted by atomic mass is 10.1. The van der Waals surface area contributed by atoms with E-state index in [2.05, 4.69) is 20.6 Å². The van der Waals surface area contributed by atoms with Crippen LogP contribution in [0, 0.1) is 0 Å². The maximum absolute atomic E-state index is 12.5. The molecule has 0 radical (unpaired) electrons. The molecule has 0 spiro atoms. The molecule has 0 aliphatic rings. The largest absolute Gasteiger partial charge is 0.462 e. The number of hydrogen-bond donors (Lipinski definition) is 2. The maximum Gasteiger partial charge on any atom is 0.340 e. The van der Waals surface area contributed by atoms with E-state index < -0.39 is 11.9 Å². The van der Waals surface area contributed by atoms with Crippen LogP contribution in [0.5, 0.6) is 0 Å². The average molecular weight is 397 g/mol. The molecule has 28 heavy (non-hydrogen) atoms. The minimum atomic E-state index is -0.509. The number of rotatable bonds is 6. The van der Waals surface area contributed by atoms with Gasteiger partial charge in [-0.05, 0) is 37.3 Å². The summed E-state index contributed by atoms with van der Waals surface area (Å²) in [7, 11) is 0. The molecule has 0 saturated carbocycles. The highest BCUT2D eigenvalue weighted by atomic mass is 35.5. The van der Waals surface area contributed by atoms with Crippen LogP contribution < -0.4 is 10.6 Å². The lowest BCUT2D eigenvalue weighted by Gasteiger charge is -2.10. The third kappa shape index (κ3) is 4.83. The molecule has 0 bridgehead atoms. The topological polar surface area (TPSA) is 93.2 Å². The van der Waals surface area contributed by atoms with Gasteiger partial charge in [-0.1, -0.05) is 29.8 Å². The Kier molecular flexibility index (Phi) is 6.18. The van der Waals surface area contributed by atoms with Crippen LogP contribution in [0.1, 0.15) is 27.8 Å². The van der Waals surface area contributed by atoms with Crippen LogP contribution in [-0.2, 0) is 4.74 Å². The SMILES string of the molecule is CCOC(=O)c1ccccc1NC(=O)c1cnc(Nc2cccc(Cl)c2)cn1. The predicted octanol–water partition coefficient (Wildman–Crippen LogP) is 4.30. The number of nitrogens with one attached hydrogen (secondary N) is 2. The molecule has 7 nitrogen and oxygen atoms in total. The van der Waals surface area contributed by atoms with E-state index in [9.17, 15) is 9.59 Å². The molecule has 0 aliphatic heterocycles. The van der Waals surface area contributed by atoms with Crippen molar-refractivity contribution in [1.82, 2.24) is 9.97 Å². The van der Waals surface area contributed by atoms with Crippen molar-refractivity contribution in [3.05, 3.63) is 77.2 Å². The number of aromatic nitrogens is 2. The predicted molar refractivity (Wildman–Crippen MR) is 107 cm³/mol. The lowest BCUT2D eigenvalue weighted by Crippen LogP contribution is -2.17. The highest BCUT2D eigenvalue weighted by molar-refractivity contribution is 6.30. The molecule has 0 saturated heterocycles. The van der Waals surface area contributed by atoms with Gasteiger partial charge in [-0.15, -0.1) is 0 Å². The number of nitrogens with zero attached hydrogens (tertiary/aromatic N) is 2. The summed E-state index contributed by atoms with van der Waals surface area (Å²) in [6.07, 6.45) is 2.78. The number of carbonyl (C=O) groups excluding carboxylic acids is 2. The molecule has 0 unspecified atom stereocenters. The quantitative estimate of drug-likeness (QED) is 0.603. The fourth-order valence-electron chi connectivity index (χ4n) is 2.39. The number of hydrogen-bond acceptors (Lipinski definition) is 6. The van der Waals surface area contributed by atoms with Gasteiger partial charge in [0, 0.05) is 10.7 Å². The van der Waals surface area contributed by atoms with Gasteiger partial charge in [0.15, 0.2) is 0 Å². The van der Waals surface area contributed by atoms with Crippen molar-refractivity contribution in [2.75, 3.05) is 17.2 Å². The van der Waals surface area contributed by atoms with Crippen LogP contribution in [0.15, 0.2) is 60.9 Å². The van der Waals surface area contributed by atoms with Crippen molar-refractivity contribution in [3.8, 4) is 0 Å². The standard InChI is InChI=1S/C20H17ClN4O3/c1-2-28-20(27)15-8-3-4-9-16(15)25-19(26)17-11-23-18(12-22-17)24-14-7-5-6-13(21)10-14/h3-12H,2H2,1H3,(H,23,24)(H,25,26). The smallest absolute Gasteiger partial charge is 0.340 e. The van der Waals surface area contributed by atoms with Crippen LogP contribution in [0.3, 0.4) is 0 Å². The second-order valence-corrected chi connectivity index (χ2v) is 6.08. The number of para-hydroxylation sites is 1. The monoisotopic (exact) mass is 396 g/mol. The van der Waals surface area contributed by atoms with Crippen LogP contribution in [0.4, 0.5) is 17.2 Å². The van der Waals surface area contributed by atoms with E-state index in [1.807, 2.05) is 6.07 Å². The molecule has 0 aliphatic carbocycles. The molecule has 1 heterocycles. The number of carbonyl (C=O) groups is 2. The number of amides is 1. The zero-order chi connectivity index (χ0) is 19.9. The number of esters is 1. The molecule has 0 atom stereocenters. The van der Waals surface area contributed by atoms with Crippen LogP contribution in [-0.4, -0.2) is 28.5 Å². The second-order valence-electron chi connectivity index (χ2n) is 5.64. The Balaban J connectivity index is 1.71. The molecular formula is C20H17ClN4O3. The zero-order valence-corrected chi connectivity index (χ0v) is 15.7. The van der Waals surface area contributed by atoms with Gasteiger partial charge in [-0.2, -0.15) is 0 Å². The zero-order valence-electron chi connectivity index (χ0n) is 15.0. The van der Waals surface area contributed by atoms with Crippen molar-refractivity contribution < 1.29 is 14.3 Å². The third-order valence-electron chi connectivity index (χ3n) is 3.65. The Labute approximate surface area is 166 Å². The van der Waals surface area contributed by atoms with Gasteiger partial charge < -0.3 is 15.4 Å². The molecule has 2 N–H and O–H groups in total. The first kappa shape index (κ1) is 19.3. The van der Waals surface area contributed by atoms with E-state index >= 15 is 0 Å². The molecule has 142 valence electrons. The Morgan fingerprint density at radius 1 is 1.07 bits per heavy atom. The number of ether oxygens (including phenoxy) is 1. The van der Waals surface area contributed by atoms with Gasteiger partial charge in [0.1, 0.15) is 11.5 Å². The highest BCUT2D eigenvalue weighted by Crippen LogP contribution is 2.19. The molecule has 1 aromatic heterocycles. The molecule has 1 amide bonds. The van der Waals surface area contributed by atoms with Crippen molar-refractivity contribution in [2.24, 2.45) is 0 Å². The van der Waals surface area contributed by atoms with E-state index in [1.165, 1.54) is 12.4 Å². The Hall–Kier alpha value is -3.45. The summed E-state index contributed by atoms with van der Waals surface area (Å²) in [5, 5.41) is 6.30. The summed E-state index contributed by atoms with van der Waals surface area (Å²) in [5.74, 6) is -0.533. The van der Waals surface area contributed by atoms with Gasteiger partial charge in [-0.3, -0.25) is 4.79 Å². The van der Waals surface area contributed by atoms with E-state index in [0.29, 0.717) is 16.5 Å². The average Bonchev–Trinajstić information content (AvgIpc) is 2.69. The molecule has 0 fully saturated rings. The first-order chi connectivity index (χ1) is 13.6. The van der Waals surface area contributed by atoms with Gasteiger partial charge in [0.05, 0.1) is 30.3 Å². The third-order valence-corrected chi connectivity index (χ3v) is 3.89. The van der Waals surface area contributed by atoms with E-state index in [1.54, 1.807) is 49.4 Å². The maximum atomic E-state index is 12.5. The number of benzene rings is 2. The normalized spacial score (nSPS) is 10.2. The summed E-state index contributed by atoms with van der Waals surface area (Å²) < 4.78 is 5.00. The van der Waals surface area contributed by atoms with Crippen molar-refractivity contribution in [2.45, 2.75) is 6.92 Å². The summed E-state index contributed by atoms with van der Waals surface area (Å²) in [4.78, 5) is 32.8. The molecule has 2 aromatic carbocycles. The summed E-state index contributed by atoms with van der Waals surface area (Å²) in [6, 6.07) is 13.8. The van der Waals surface area contributed by atoms with E-state index in [-0.39, 0.29) is 17.9 Å². The van der Waals surface area contributed by atoms with Crippen LogP contribution in [0.25, 0.3) is 0 Å². The Morgan fingerprint density at radius 3 is 2.61 bits per heavy atom. The minimum absolute atomic E-state index is 0.107. The Bertz CT molecular complexity index is 993. The summed E-state index contributed by atoms with van der Waals surface area (Å²) in [5.41, 5.74) is 1.47. The van der Waals surface area contributed by atoms with Crippen molar-refractivity contribution in [3.63, 3.8) is 0 Å². The van der Waals surface area contributed by atoms with E-state index in [4.69, 9.17) is 16.3 Å². The minimum Gasteiger partial charge on any atom is -0.462 e. The summed E-state index contributed by atoms with van der Waals surface area (Å²) >= 11 is 5.95. The fourth-order valence-corrected chi connectivity index (χ4v) is 2.58. The second kappa shape index (κ2) is 8.96. The highest BCUT2D eigenvalue weighted by Gasteiger charge is 2.15. The fraction of sp³-hybridized carbons (Fsp3) is 0.100. The van der Waals surface area contributed by atoms with Gasteiger partial charge in [-0.25, -0.2) is 14.8 Å². The van der Waals surface area contributed by atoms with Crippen molar-refractivity contribution in [1.29, 1.82) is 0 Å². The Morgan fingerprint density at radius 2 is 1.89 bits per heavy atom. The van der Waals surface area contributed by atoms with E-state index in [0.717, 1.165) is 5.69 Å². The van der Waals surface area contributed by atoms with Crippen molar-refractivity contribution >= 4 is 40.7 Å². The molecule has 3 aromatic rings. The number of anilines is 3. The summed E-state index contributed by atoms with van der Waals surface area (Å²) in [6.45, 7) is 1.96. The first-order valence-corrected chi connectivity index (χ1v) is 8.86. The van der Waals surface area contributed by atoms with Gasteiger partial charge in [0.2, 0.25) is 0 Å². The lowest BCUT2D eigenvalue weighted by molar-refractivity contribution is 0.0527.